The quantitative estimate of drug-likeness (QED) is 0.378. The third kappa shape index (κ3) is 9.24. The Bertz CT molecular complexity index is 477. The Morgan fingerprint density at radius 3 is 2.52 bits per heavy atom. The van der Waals surface area contributed by atoms with Crippen LogP contribution in [0.1, 0.15) is 33.3 Å². The van der Waals surface area contributed by atoms with Gasteiger partial charge in [0.2, 0.25) is 5.88 Å². The summed E-state index contributed by atoms with van der Waals surface area (Å²) in [6.07, 6.45) is 4.08. The maximum atomic E-state index is 5.53. The normalized spacial score (nSPS) is 11.9. The van der Waals surface area contributed by atoms with Gasteiger partial charge < -0.3 is 15.4 Å². The van der Waals surface area contributed by atoms with Gasteiger partial charge in [-0.3, -0.25) is 4.99 Å². The van der Waals surface area contributed by atoms with Gasteiger partial charge in [-0.25, -0.2) is 4.98 Å². The molecule has 5 nitrogen and oxygen atoms in total. The molecule has 1 rings (SSSR count). The summed E-state index contributed by atoms with van der Waals surface area (Å²) >= 11 is 1.83. The lowest BCUT2D eigenvalue weighted by atomic mass is 10.2. The molecule has 23 heavy (non-hydrogen) atoms. The monoisotopic (exact) mass is 452 g/mol. The minimum absolute atomic E-state index is 0. The molecule has 0 amide bonds. The fourth-order valence-corrected chi connectivity index (χ4v) is 1.82. The Kier molecular flexibility index (Phi) is 10.6. The van der Waals surface area contributed by atoms with Crippen molar-refractivity contribution < 1.29 is 4.74 Å². The van der Waals surface area contributed by atoms with E-state index in [0.29, 0.717) is 12.4 Å². The fraction of sp³-hybridized carbons (Fsp3) is 0.625. The molecule has 0 radical (unpaired) electrons. The summed E-state index contributed by atoms with van der Waals surface area (Å²) in [6.45, 7) is 9.91. The number of nitrogens with zero attached hydrogens (tertiary/aromatic N) is 2. The highest BCUT2D eigenvalue weighted by atomic mass is 127. The van der Waals surface area contributed by atoms with Crippen molar-refractivity contribution in [2.24, 2.45) is 4.99 Å². The summed E-state index contributed by atoms with van der Waals surface area (Å²) in [5, 5.41) is 6.63. The second-order valence-corrected chi connectivity index (χ2v) is 7.43. The van der Waals surface area contributed by atoms with Gasteiger partial charge in [0, 0.05) is 37.1 Å². The molecule has 1 heterocycles. The largest absolute Gasteiger partial charge is 0.475 e. The molecule has 2 N–H and O–H groups in total. The number of thioether (sulfide) groups is 1. The number of aliphatic imine (C=N–C) groups is 1. The van der Waals surface area contributed by atoms with Crippen LogP contribution in [0.5, 0.6) is 5.88 Å². The Balaban J connectivity index is 0.00000484. The van der Waals surface area contributed by atoms with Crippen LogP contribution in [0.15, 0.2) is 23.3 Å². The number of guanidine groups is 1. The summed E-state index contributed by atoms with van der Waals surface area (Å²) in [7, 11) is 1.78. The van der Waals surface area contributed by atoms with Crippen LogP contribution in [0, 0.1) is 0 Å². The number of ether oxygens (including phenoxy) is 1. The first-order valence-electron chi connectivity index (χ1n) is 7.47. The molecule has 0 unspecified atom stereocenters. The molecule has 0 bridgehead atoms. The SMILES string of the molecule is CN=C(NCc1ccc(OC(C)C)nc1)NCC(C)(C)SC.I. The van der Waals surface area contributed by atoms with E-state index >= 15 is 0 Å². The maximum absolute atomic E-state index is 5.53. The van der Waals surface area contributed by atoms with Crippen LogP contribution < -0.4 is 15.4 Å². The van der Waals surface area contributed by atoms with Crippen molar-refractivity contribution in [2.45, 2.75) is 45.1 Å². The molecule has 0 saturated carbocycles. The van der Waals surface area contributed by atoms with Gasteiger partial charge in [-0.15, -0.1) is 24.0 Å². The van der Waals surface area contributed by atoms with E-state index in [0.717, 1.165) is 18.1 Å². The average Bonchev–Trinajstić information content (AvgIpc) is 2.48. The third-order valence-electron chi connectivity index (χ3n) is 3.07. The lowest BCUT2D eigenvalue weighted by Gasteiger charge is -2.23. The second-order valence-electron chi connectivity index (χ2n) is 5.91. The molecule has 1 aromatic rings. The van der Waals surface area contributed by atoms with Crippen LogP contribution >= 0.6 is 35.7 Å². The Morgan fingerprint density at radius 2 is 2.04 bits per heavy atom. The Morgan fingerprint density at radius 1 is 1.35 bits per heavy atom. The van der Waals surface area contributed by atoms with Crippen LogP contribution in [0.25, 0.3) is 0 Å². The zero-order valence-electron chi connectivity index (χ0n) is 14.8. The molecule has 1 aromatic heterocycles. The van der Waals surface area contributed by atoms with Gasteiger partial charge in [0.25, 0.3) is 0 Å². The fourth-order valence-electron chi connectivity index (χ4n) is 1.60. The third-order valence-corrected chi connectivity index (χ3v) is 4.32. The average molecular weight is 452 g/mol. The molecule has 0 saturated heterocycles. The van der Waals surface area contributed by atoms with E-state index in [2.05, 4.69) is 40.7 Å². The van der Waals surface area contributed by atoms with Gasteiger partial charge in [-0.05, 0) is 39.5 Å². The van der Waals surface area contributed by atoms with Crippen molar-refractivity contribution in [3.8, 4) is 5.88 Å². The second kappa shape index (κ2) is 11.0. The van der Waals surface area contributed by atoms with Gasteiger partial charge in [-0.2, -0.15) is 11.8 Å². The van der Waals surface area contributed by atoms with E-state index in [4.69, 9.17) is 4.74 Å². The van der Waals surface area contributed by atoms with Crippen molar-refractivity contribution in [3.63, 3.8) is 0 Å². The summed E-state index contributed by atoms with van der Waals surface area (Å²) in [6, 6.07) is 3.90. The molecular weight excluding hydrogens is 423 g/mol. The molecule has 0 fully saturated rings. The molecule has 7 heteroatoms. The first-order valence-corrected chi connectivity index (χ1v) is 8.70. The number of rotatable bonds is 7. The van der Waals surface area contributed by atoms with E-state index in [1.165, 1.54) is 0 Å². The van der Waals surface area contributed by atoms with Crippen molar-refractivity contribution >= 4 is 41.7 Å². The van der Waals surface area contributed by atoms with Crippen LogP contribution in [0.2, 0.25) is 0 Å². The number of pyridine rings is 1. The lowest BCUT2D eigenvalue weighted by molar-refractivity contribution is 0.232. The highest BCUT2D eigenvalue weighted by Crippen LogP contribution is 2.19. The highest BCUT2D eigenvalue weighted by molar-refractivity contribution is 14.0. The summed E-state index contributed by atoms with van der Waals surface area (Å²) in [4.78, 5) is 8.53. The van der Waals surface area contributed by atoms with E-state index in [1.54, 1.807) is 7.05 Å². The first kappa shape index (κ1) is 22.3. The molecule has 132 valence electrons. The zero-order chi connectivity index (χ0) is 16.6. The number of nitrogens with one attached hydrogen (secondary N) is 2. The van der Waals surface area contributed by atoms with Crippen molar-refractivity contribution in [3.05, 3.63) is 23.9 Å². The number of halogens is 1. The van der Waals surface area contributed by atoms with Gasteiger partial charge in [0.1, 0.15) is 0 Å². The molecule has 0 aliphatic rings. The molecular formula is C16H29IN4OS. The molecule has 0 aromatic carbocycles. The van der Waals surface area contributed by atoms with E-state index in [1.807, 2.05) is 43.9 Å². The minimum Gasteiger partial charge on any atom is -0.475 e. The van der Waals surface area contributed by atoms with Gasteiger partial charge in [0.15, 0.2) is 5.96 Å². The van der Waals surface area contributed by atoms with Crippen LogP contribution in [0.3, 0.4) is 0 Å². The van der Waals surface area contributed by atoms with Gasteiger partial charge in [0.05, 0.1) is 6.10 Å². The summed E-state index contributed by atoms with van der Waals surface area (Å²) < 4.78 is 5.71. The molecule has 0 spiro atoms. The lowest BCUT2D eigenvalue weighted by Crippen LogP contribution is -2.43. The van der Waals surface area contributed by atoms with Crippen LogP contribution in [-0.4, -0.2) is 41.6 Å². The van der Waals surface area contributed by atoms with Gasteiger partial charge in [-0.1, -0.05) is 6.07 Å². The minimum atomic E-state index is 0. The highest BCUT2D eigenvalue weighted by Gasteiger charge is 2.16. The van der Waals surface area contributed by atoms with E-state index < -0.39 is 0 Å². The van der Waals surface area contributed by atoms with Crippen molar-refractivity contribution in [1.29, 1.82) is 0 Å². The predicted molar refractivity (Wildman–Crippen MR) is 111 cm³/mol. The van der Waals surface area contributed by atoms with E-state index in [9.17, 15) is 0 Å². The van der Waals surface area contributed by atoms with Crippen molar-refractivity contribution in [1.82, 2.24) is 15.6 Å². The topological polar surface area (TPSA) is 58.5 Å². The standard InChI is InChI=1S/C16H28N4OS.HI/c1-12(2)21-14-8-7-13(9-18-14)10-19-15(17-5)20-11-16(3,4)22-6;/h7-9,12H,10-11H2,1-6H3,(H2,17,19,20);1H. The molecule has 0 aliphatic carbocycles. The molecule has 0 atom stereocenters. The maximum Gasteiger partial charge on any atom is 0.213 e. The van der Waals surface area contributed by atoms with Gasteiger partial charge >= 0.3 is 0 Å². The Labute approximate surface area is 161 Å². The summed E-state index contributed by atoms with van der Waals surface area (Å²) in [5.74, 6) is 1.45. The smallest absolute Gasteiger partial charge is 0.213 e. The zero-order valence-corrected chi connectivity index (χ0v) is 18.0. The number of aromatic nitrogens is 1. The first-order chi connectivity index (χ1) is 10.4. The Hall–Kier alpha value is -0.700. The predicted octanol–water partition coefficient (Wildman–Crippen LogP) is 3.29. The summed E-state index contributed by atoms with van der Waals surface area (Å²) in [5.41, 5.74) is 1.09. The number of hydrogen-bond donors (Lipinski definition) is 2. The molecule has 0 aliphatic heterocycles. The van der Waals surface area contributed by atoms with Crippen LogP contribution in [-0.2, 0) is 6.54 Å². The van der Waals surface area contributed by atoms with Crippen molar-refractivity contribution in [2.75, 3.05) is 19.8 Å². The number of hydrogen-bond acceptors (Lipinski definition) is 4. The van der Waals surface area contributed by atoms with E-state index in [-0.39, 0.29) is 34.8 Å². The van der Waals surface area contributed by atoms with Crippen LogP contribution in [0.4, 0.5) is 0 Å².